The van der Waals surface area contributed by atoms with Crippen LogP contribution < -0.4 is 20.7 Å². The lowest BCUT2D eigenvalue weighted by Gasteiger charge is -2.35. The number of aromatic nitrogens is 3. The van der Waals surface area contributed by atoms with E-state index in [4.69, 9.17) is 35.7 Å². The number of carbonyl (C=O) groups is 5. The maximum absolute atomic E-state index is 14.1. The minimum absolute atomic E-state index is 0.0856. The molecule has 16 nitrogen and oxygen atoms in total. The summed E-state index contributed by atoms with van der Waals surface area (Å²) in [7, 11) is 1.50. The highest BCUT2D eigenvalue weighted by Gasteiger charge is 2.48. The smallest absolute Gasteiger partial charge is 0.328 e. The summed E-state index contributed by atoms with van der Waals surface area (Å²) in [4.78, 5) is 66.1. The highest BCUT2D eigenvalue weighted by atomic mass is 35.5. The molecule has 336 valence electrons. The number of epoxide rings is 1. The van der Waals surface area contributed by atoms with E-state index in [1.807, 2.05) is 52.0 Å². The number of carboxylic acid groups (broad SMARTS) is 1. The van der Waals surface area contributed by atoms with E-state index >= 15 is 0 Å². The van der Waals surface area contributed by atoms with Gasteiger partial charge in [0.15, 0.2) is 0 Å². The monoisotopic (exact) mass is 878 g/mol. The number of cyclic esters (lactones) is 1. The van der Waals surface area contributed by atoms with Crippen molar-refractivity contribution in [3.8, 4) is 5.75 Å². The van der Waals surface area contributed by atoms with Gasteiger partial charge in [0.25, 0.3) is 0 Å². The Labute approximate surface area is 367 Å². The van der Waals surface area contributed by atoms with Gasteiger partial charge >= 0.3 is 11.9 Å². The van der Waals surface area contributed by atoms with E-state index in [9.17, 15) is 24.0 Å². The van der Waals surface area contributed by atoms with Crippen molar-refractivity contribution in [3.05, 3.63) is 88.2 Å². The Kier molecular flexibility index (Phi) is 15.9. The van der Waals surface area contributed by atoms with Gasteiger partial charge in [-0.2, -0.15) is 0 Å². The maximum Gasteiger partial charge on any atom is 0.328 e. The fourth-order valence-electron chi connectivity index (χ4n) is 7.07. The number of carbonyl (C=O) groups excluding carboxylic acids is 4. The fourth-order valence-corrected chi connectivity index (χ4v) is 7.35. The van der Waals surface area contributed by atoms with E-state index in [-0.39, 0.29) is 62.4 Å². The maximum atomic E-state index is 14.1. The standard InChI is InChI=1S/C45H59ClN6O10/c1-26(39-40(62-39)30-15-12-28(13-16-30)23-52-24-31(50-51-52)25-60-19-18-38(54)55)35-10-9-11-37(53)48-33(21-29-14-17-36(59-8)32(46)20-29)41(56)47-27(2)45(6,7)43(58)49-34(42(57)61-35)22-44(3,4)5/h9,11-17,20,24,26-27,33-35,39-40H,10,18-19,21-23,25H2,1-8H3,(H,47,56)(H,48,53)(H,49,58)(H,54,55)/b11-9-/t26-,27-,33+,34-,35-,39+,40+/m0/s1. The van der Waals surface area contributed by atoms with Crippen LogP contribution in [-0.2, 0) is 57.8 Å². The molecular weight excluding hydrogens is 820 g/mol. The van der Waals surface area contributed by atoms with Crippen LogP contribution in [0.3, 0.4) is 0 Å². The summed E-state index contributed by atoms with van der Waals surface area (Å²) in [6.07, 6.45) is 3.82. The van der Waals surface area contributed by atoms with Gasteiger partial charge in [-0.3, -0.25) is 19.2 Å². The van der Waals surface area contributed by atoms with E-state index in [0.717, 1.165) is 11.1 Å². The van der Waals surface area contributed by atoms with Crippen LogP contribution in [0.15, 0.2) is 60.8 Å². The van der Waals surface area contributed by atoms with E-state index in [2.05, 4.69) is 26.3 Å². The summed E-state index contributed by atoms with van der Waals surface area (Å²) in [5.41, 5.74) is 1.62. The molecule has 1 fully saturated rings. The van der Waals surface area contributed by atoms with Gasteiger partial charge in [0.2, 0.25) is 17.7 Å². The van der Waals surface area contributed by atoms with Crippen molar-refractivity contribution < 1.29 is 48.0 Å². The van der Waals surface area contributed by atoms with Crippen molar-refractivity contribution in [2.75, 3.05) is 13.7 Å². The minimum atomic E-state index is -1.18. The number of hydrogen-bond donors (Lipinski definition) is 4. The second-order valence-electron chi connectivity index (χ2n) is 17.8. The zero-order chi connectivity index (χ0) is 45.4. The third-order valence-electron chi connectivity index (χ3n) is 11.2. The fraction of sp³-hybridized carbons (Fsp3) is 0.533. The summed E-state index contributed by atoms with van der Waals surface area (Å²) in [6.45, 7) is 13.6. The van der Waals surface area contributed by atoms with Gasteiger partial charge in [0.1, 0.15) is 35.7 Å². The molecule has 0 unspecified atom stereocenters. The Hall–Kier alpha value is -5.32. The molecule has 0 aliphatic carbocycles. The zero-order valence-corrected chi connectivity index (χ0v) is 37.4. The average molecular weight is 879 g/mol. The van der Waals surface area contributed by atoms with Crippen LogP contribution in [-0.4, -0.2) is 93.8 Å². The first-order chi connectivity index (χ1) is 29.2. The van der Waals surface area contributed by atoms with Crippen LogP contribution in [0, 0.1) is 16.7 Å². The molecule has 3 heterocycles. The van der Waals surface area contributed by atoms with Crippen LogP contribution >= 0.6 is 11.6 Å². The number of amides is 3. The molecule has 0 radical (unpaired) electrons. The first-order valence-electron chi connectivity index (χ1n) is 20.8. The second-order valence-corrected chi connectivity index (χ2v) is 18.2. The van der Waals surface area contributed by atoms with Gasteiger partial charge in [-0.05, 0) is 67.5 Å². The Morgan fingerprint density at radius 3 is 2.42 bits per heavy atom. The third-order valence-corrected chi connectivity index (χ3v) is 11.5. The van der Waals surface area contributed by atoms with Crippen molar-refractivity contribution in [1.82, 2.24) is 30.9 Å². The van der Waals surface area contributed by atoms with Gasteiger partial charge < -0.3 is 40.0 Å². The molecule has 2 aliphatic heterocycles. The molecular formula is C45H59ClN6O10. The summed E-state index contributed by atoms with van der Waals surface area (Å²) in [5.74, 6) is -2.87. The molecule has 4 N–H and O–H groups in total. The summed E-state index contributed by atoms with van der Waals surface area (Å²) in [5, 5.41) is 26.1. The molecule has 3 aromatic rings. The Morgan fingerprint density at radius 2 is 1.76 bits per heavy atom. The third kappa shape index (κ3) is 13.3. The Bertz CT molecular complexity index is 2100. The SMILES string of the molecule is COc1ccc(C[C@H]2NC(=O)/C=C\C[C@@H]([C@H](C)[C@H]3O[C@@H]3c3ccc(Cn4cc(COCCC(=O)O)nn4)cc3)OC(=O)[C@H](CC(C)(C)C)NC(=O)C(C)(C)[C@H](C)NC2=O)cc1Cl. The Balaban J connectivity index is 1.33. The molecule has 0 saturated carbocycles. The number of esters is 1. The van der Waals surface area contributed by atoms with Crippen molar-refractivity contribution in [2.24, 2.45) is 16.7 Å². The number of hydrogen-bond acceptors (Lipinski definition) is 11. The lowest BCUT2D eigenvalue weighted by atomic mass is 9.82. The molecule has 1 saturated heterocycles. The summed E-state index contributed by atoms with van der Waals surface area (Å²) < 4.78 is 24.8. The topological polar surface area (TPSA) is 213 Å². The molecule has 2 aromatic carbocycles. The second kappa shape index (κ2) is 20.7. The number of carboxylic acids is 1. The zero-order valence-electron chi connectivity index (χ0n) is 36.6. The number of nitrogens with one attached hydrogen (secondary N) is 3. The van der Waals surface area contributed by atoms with Gasteiger partial charge in [-0.1, -0.05) is 80.9 Å². The predicted molar refractivity (Wildman–Crippen MR) is 229 cm³/mol. The first kappa shape index (κ1) is 47.7. The van der Waals surface area contributed by atoms with Crippen LogP contribution in [0.25, 0.3) is 0 Å². The van der Waals surface area contributed by atoms with Crippen LogP contribution in [0.5, 0.6) is 5.75 Å². The van der Waals surface area contributed by atoms with E-state index in [1.165, 1.54) is 13.2 Å². The average Bonchev–Trinajstić information content (AvgIpc) is 3.88. The number of aliphatic carboxylic acids is 1. The highest BCUT2D eigenvalue weighted by Crippen LogP contribution is 2.45. The number of nitrogens with zero attached hydrogens (tertiary/aromatic N) is 3. The molecule has 2 aliphatic rings. The normalized spacial score (nSPS) is 24.5. The first-order valence-corrected chi connectivity index (χ1v) is 21.2. The molecule has 5 rings (SSSR count). The number of halogens is 1. The highest BCUT2D eigenvalue weighted by molar-refractivity contribution is 6.32. The molecule has 1 aromatic heterocycles. The lowest BCUT2D eigenvalue weighted by Crippen LogP contribution is -2.58. The Morgan fingerprint density at radius 1 is 1.05 bits per heavy atom. The number of rotatable bonds is 14. The minimum Gasteiger partial charge on any atom is -0.495 e. The van der Waals surface area contributed by atoms with Gasteiger partial charge in [0.05, 0.1) is 56.0 Å². The van der Waals surface area contributed by atoms with Crippen LogP contribution in [0.1, 0.15) is 96.2 Å². The number of ether oxygens (including phenoxy) is 4. The van der Waals surface area contributed by atoms with Gasteiger partial charge in [-0.25, -0.2) is 9.48 Å². The van der Waals surface area contributed by atoms with Gasteiger partial charge in [-0.15, -0.1) is 5.10 Å². The van der Waals surface area contributed by atoms with Crippen molar-refractivity contribution in [2.45, 2.75) is 124 Å². The number of benzene rings is 2. The molecule has 62 heavy (non-hydrogen) atoms. The van der Waals surface area contributed by atoms with Crippen molar-refractivity contribution in [3.63, 3.8) is 0 Å². The van der Waals surface area contributed by atoms with E-state index in [0.29, 0.717) is 28.6 Å². The van der Waals surface area contributed by atoms with E-state index < -0.39 is 59.3 Å². The molecule has 0 bridgehead atoms. The molecule has 17 heteroatoms. The molecule has 0 spiro atoms. The van der Waals surface area contributed by atoms with Crippen LogP contribution in [0.2, 0.25) is 5.02 Å². The summed E-state index contributed by atoms with van der Waals surface area (Å²) >= 11 is 6.39. The largest absolute Gasteiger partial charge is 0.495 e. The predicted octanol–water partition coefficient (Wildman–Crippen LogP) is 5.11. The number of methoxy groups -OCH3 is 1. The summed E-state index contributed by atoms with van der Waals surface area (Å²) in [6, 6.07) is 10.3. The molecule has 7 atom stereocenters. The van der Waals surface area contributed by atoms with Crippen LogP contribution in [0.4, 0.5) is 0 Å². The molecule has 3 amide bonds. The quantitative estimate of drug-likeness (QED) is 0.0946. The van der Waals surface area contributed by atoms with Gasteiger partial charge in [0, 0.05) is 24.8 Å². The van der Waals surface area contributed by atoms with Crippen molar-refractivity contribution >= 4 is 41.3 Å². The van der Waals surface area contributed by atoms with Crippen molar-refractivity contribution in [1.29, 1.82) is 0 Å². The lowest BCUT2D eigenvalue weighted by molar-refractivity contribution is -0.157. The van der Waals surface area contributed by atoms with E-state index in [1.54, 1.807) is 55.9 Å².